The van der Waals surface area contributed by atoms with Gasteiger partial charge in [-0.2, -0.15) is 0 Å². The van der Waals surface area contributed by atoms with Crippen molar-refractivity contribution in [3.8, 4) is 0 Å². The van der Waals surface area contributed by atoms with Crippen LogP contribution >= 0.6 is 11.3 Å². The topological polar surface area (TPSA) is 66.5 Å². The molecule has 1 aliphatic rings. The molecular weight excluding hydrogens is 320 g/mol. The van der Waals surface area contributed by atoms with Crippen LogP contribution < -0.4 is 5.32 Å². The second kappa shape index (κ2) is 7.10. The molecule has 0 aromatic carbocycles. The number of rotatable bonds is 5. The van der Waals surface area contributed by atoms with Gasteiger partial charge in [0.1, 0.15) is 0 Å². The van der Waals surface area contributed by atoms with Crippen LogP contribution in [-0.4, -0.2) is 37.5 Å². The van der Waals surface area contributed by atoms with E-state index in [4.69, 9.17) is 0 Å². The number of amides is 1. The standard InChI is InChI=1S/C15H24N2O3S2/c1-4-22(19,20)17-9-7-13(8-10-17)15(18)16-12(3)14-6-5-11(2)21-14/h5-6,12-13H,4,7-10H2,1-3H3,(H,16,18)/t12-/m1/s1. The summed E-state index contributed by atoms with van der Waals surface area (Å²) >= 11 is 1.69. The SMILES string of the molecule is CCS(=O)(=O)N1CCC(C(=O)N[C@H](C)c2ccc(C)s2)CC1. The minimum absolute atomic E-state index is 0.00334. The Morgan fingerprint density at radius 1 is 1.41 bits per heavy atom. The second-order valence-electron chi connectivity index (χ2n) is 5.75. The van der Waals surface area contributed by atoms with Gasteiger partial charge in [0.15, 0.2) is 0 Å². The molecule has 2 rings (SSSR count). The van der Waals surface area contributed by atoms with Gasteiger partial charge in [0.05, 0.1) is 11.8 Å². The summed E-state index contributed by atoms with van der Waals surface area (Å²) in [7, 11) is -3.13. The zero-order chi connectivity index (χ0) is 16.3. The Labute approximate surface area is 136 Å². The second-order valence-corrected chi connectivity index (χ2v) is 9.33. The van der Waals surface area contributed by atoms with Gasteiger partial charge in [0.2, 0.25) is 15.9 Å². The lowest BCUT2D eigenvalue weighted by atomic mass is 9.97. The average Bonchev–Trinajstić information content (AvgIpc) is 2.94. The quantitative estimate of drug-likeness (QED) is 0.891. The van der Waals surface area contributed by atoms with Crippen molar-refractivity contribution in [2.45, 2.75) is 39.7 Å². The van der Waals surface area contributed by atoms with E-state index in [0.717, 1.165) is 4.88 Å². The highest BCUT2D eigenvalue weighted by atomic mass is 32.2. The smallest absolute Gasteiger partial charge is 0.223 e. The fourth-order valence-corrected chi connectivity index (χ4v) is 4.68. The Morgan fingerprint density at radius 2 is 2.05 bits per heavy atom. The van der Waals surface area contributed by atoms with Gasteiger partial charge < -0.3 is 5.32 Å². The molecule has 0 aliphatic carbocycles. The minimum atomic E-state index is -3.13. The third-order valence-electron chi connectivity index (χ3n) is 4.13. The van der Waals surface area contributed by atoms with Crippen molar-refractivity contribution < 1.29 is 13.2 Å². The highest BCUT2D eigenvalue weighted by Gasteiger charge is 2.30. The maximum absolute atomic E-state index is 12.3. The van der Waals surface area contributed by atoms with E-state index in [1.54, 1.807) is 18.3 Å². The van der Waals surface area contributed by atoms with Gasteiger partial charge >= 0.3 is 0 Å². The molecule has 1 aliphatic heterocycles. The highest BCUT2D eigenvalue weighted by Crippen LogP contribution is 2.24. The molecule has 0 spiro atoms. The molecule has 0 saturated carbocycles. The van der Waals surface area contributed by atoms with Crippen LogP contribution in [0.3, 0.4) is 0 Å². The first-order valence-electron chi connectivity index (χ1n) is 7.68. The van der Waals surface area contributed by atoms with Gasteiger partial charge in [0, 0.05) is 28.8 Å². The van der Waals surface area contributed by atoms with Crippen LogP contribution in [0.15, 0.2) is 12.1 Å². The summed E-state index contributed by atoms with van der Waals surface area (Å²) in [6, 6.07) is 4.10. The van der Waals surface area contributed by atoms with E-state index in [1.807, 2.05) is 19.9 Å². The molecule has 1 saturated heterocycles. The largest absolute Gasteiger partial charge is 0.349 e. The normalized spacial score (nSPS) is 19.0. The molecule has 1 amide bonds. The first kappa shape index (κ1) is 17.4. The average molecular weight is 345 g/mol. The van der Waals surface area contributed by atoms with Crippen LogP contribution in [-0.2, 0) is 14.8 Å². The van der Waals surface area contributed by atoms with Crippen LogP contribution in [0, 0.1) is 12.8 Å². The Morgan fingerprint density at radius 3 is 2.55 bits per heavy atom. The molecular formula is C15H24N2O3S2. The molecule has 1 N–H and O–H groups in total. The molecule has 0 unspecified atom stereocenters. The van der Waals surface area contributed by atoms with E-state index in [9.17, 15) is 13.2 Å². The number of nitrogens with zero attached hydrogens (tertiary/aromatic N) is 1. The third-order valence-corrected chi connectivity index (χ3v) is 7.19. The van der Waals surface area contributed by atoms with Crippen LogP contribution in [0.25, 0.3) is 0 Å². The Balaban J connectivity index is 1.87. The lowest BCUT2D eigenvalue weighted by molar-refractivity contribution is -0.126. The lowest BCUT2D eigenvalue weighted by Crippen LogP contribution is -2.43. The van der Waals surface area contributed by atoms with Crippen molar-refractivity contribution >= 4 is 27.3 Å². The summed E-state index contributed by atoms with van der Waals surface area (Å²) < 4.78 is 25.1. The third kappa shape index (κ3) is 4.08. The molecule has 0 radical (unpaired) electrons. The summed E-state index contributed by atoms with van der Waals surface area (Å²) in [4.78, 5) is 14.7. The van der Waals surface area contributed by atoms with Crippen LogP contribution in [0.4, 0.5) is 0 Å². The van der Waals surface area contributed by atoms with E-state index in [2.05, 4.69) is 11.4 Å². The van der Waals surface area contributed by atoms with Gasteiger partial charge in [-0.3, -0.25) is 4.79 Å². The first-order valence-corrected chi connectivity index (χ1v) is 10.1. The van der Waals surface area contributed by atoms with Gasteiger partial charge in [-0.1, -0.05) is 0 Å². The summed E-state index contributed by atoms with van der Waals surface area (Å²) in [5, 5.41) is 3.05. The van der Waals surface area contributed by atoms with Crippen molar-refractivity contribution in [2.75, 3.05) is 18.8 Å². The number of hydrogen-bond donors (Lipinski definition) is 1. The highest BCUT2D eigenvalue weighted by molar-refractivity contribution is 7.89. The number of piperidine rings is 1. The first-order chi connectivity index (χ1) is 10.3. The van der Waals surface area contributed by atoms with Crippen LogP contribution in [0.1, 0.15) is 42.5 Å². The Kier molecular flexibility index (Phi) is 5.63. The van der Waals surface area contributed by atoms with Crippen molar-refractivity contribution in [3.05, 3.63) is 21.9 Å². The van der Waals surface area contributed by atoms with E-state index in [-0.39, 0.29) is 23.6 Å². The van der Waals surface area contributed by atoms with Gasteiger partial charge in [-0.05, 0) is 45.7 Å². The van der Waals surface area contributed by atoms with E-state index in [1.165, 1.54) is 9.18 Å². The van der Waals surface area contributed by atoms with Crippen molar-refractivity contribution in [1.29, 1.82) is 0 Å². The number of carbonyl (C=O) groups excluding carboxylic acids is 1. The predicted octanol–water partition coefficient (Wildman–Crippen LogP) is 2.30. The Hall–Kier alpha value is -0.920. The molecule has 5 nitrogen and oxygen atoms in total. The zero-order valence-electron chi connectivity index (χ0n) is 13.3. The molecule has 7 heteroatoms. The molecule has 124 valence electrons. The fraction of sp³-hybridized carbons (Fsp3) is 0.667. The van der Waals surface area contributed by atoms with Crippen molar-refractivity contribution in [2.24, 2.45) is 5.92 Å². The van der Waals surface area contributed by atoms with Gasteiger partial charge in [0.25, 0.3) is 0 Å². The minimum Gasteiger partial charge on any atom is -0.349 e. The van der Waals surface area contributed by atoms with E-state index < -0.39 is 10.0 Å². The molecule has 0 bridgehead atoms. The summed E-state index contributed by atoms with van der Waals surface area (Å²) in [5.74, 6) is 0.0671. The molecule has 1 aromatic heterocycles. The number of hydrogen-bond acceptors (Lipinski definition) is 4. The number of aryl methyl sites for hydroxylation is 1. The Bertz CT molecular complexity index is 616. The molecule has 22 heavy (non-hydrogen) atoms. The predicted molar refractivity (Wildman–Crippen MR) is 89.4 cm³/mol. The lowest BCUT2D eigenvalue weighted by Gasteiger charge is -2.30. The molecule has 2 heterocycles. The maximum atomic E-state index is 12.3. The van der Waals surface area contributed by atoms with Crippen molar-refractivity contribution in [3.63, 3.8) is 0 Å². The number of nitrogens with one attached hydrogen (secondary N) is 1. The number of sulfonamides is 1. The molecule has 1 aromatic rings. The zero-order valence-corrected chi connectivity index (χ0v) is 15.0. The summed E-state index contributed by atoms with van der Waals surface area (Å²) in [6.45, 7) is 6.58. The number of carbonyl (C=O) groups is 1. The van der Waals surface area contributed by atoms with Gasteiger partial charge in [-0.25, -0.2) is 12.7 Å². The van der Waals surface area contributed by atoms with Crippen LogP contribution in [0.2, 0.25) is 0 Å². The maximum Gasteiger partial charge on any atom is 0.223 e. The molecule has 1 fully saturated rings. The monoisotopic (exact) mass is 344 g/mol. The van der Waals surface area contributed by atoms with E-state index in [0.29, 0.717) is 25.9 Å². The summed E-state index contributed by atoms with van der Waals surface area (Å²) in [6.07, 6.45) is 1.20. The fourth-order valence-electron chi connectivity index (χ4n) is 2.67. The van der Waals surface area contributed by atoms with Crippen LogP contribution in [0.5, 0.6) is 0 Å². The van der Waals surface area contributed by atoms with E-state index >= 15 is 0 Å². The van der Waals surface area contributed by atoms with Gasteiger partial charge in [-0.15, -0.1) is 11.3 Å². The molecule has 1 atom stereocenters. The van der Waals surface area contributed by atoms with Crippen molar-refractivity contribution in [1.82, 2.24) is 9.62 Å². The summed E-state index contributed by atoms with van der Waals surface area (Å²) in [5.41, 5.74) is 0. The number of thiophene rings is 1.